The molecule has 6 nitrogen and oxygen atoms in total. The van der Waals surface area contributed by atoms with Crippen LogP contribution < -0.4 is 5.32 Å². The van der Waals surface area contributed by atoms with Gasteiger partial charge in [0.15, 0.2) is 0 Å². The van der Waals surface area contributed by atoms with E-state index in [1.807, 2.05) is 41.8 Å². The third-order valence-electron chi connectivity index (χ3n) is 5.11. The molecule has 2 aromatic heterocycles. The van der Waals surface area contributed by atoms with E-state index in [9.17, 15) is 4.79 Å². The van der Waals surface area contributed by atoms with Gasteiger partial charge in [-0.1, -0.05) is 30.3 Å². The molecule has 0 unspecified atom stereocenters. The molecule has 1 aliphatic heterocycles. The fourth-order valence-corrected chi connectivity index (χ4v) is 3.98. The van der Waals surface area contributed by atoms with Gasteiger partial charge in [0.1, 0.15) is 0 Å². The van der Waals surface area contributed by atoms with Gasteiger partial charge in [-0.3, -0.25) is 9.69 Å². The Morgan fingerprint density at radius 2 is 2.04 bits per heavy atom. The third-order valence-corrected chi connectivity index (χ3v) is 5.97. The number of nitrogens with one attached hydrogen (secondary N) is 1. The molecule has 0 saturated carbocycles. The summed E-state index contributed by atoms with van der Waals surface area (Å²) < 4.78 is 5.21. The lowest BCUT2D eigenvalue weighted by Gasteiger charge is -2.30. The average molecular weight is 397 g/mol. The Labute approximate surface area is 168 Å². The summed E-state index contributed by atoms with van der Waals surface area (Å²) in [5, 5.41) is 8.75. The van der Waals surface area contributed by atoms with Crippen LogP contribution in [0.25, 0.3) is 10.7 Å². The Kier molecular flexibility index (Phi) is 5.83. The standard InChI is InChI=1S/C21H24N4O2S/c1-15-8-10-25(11-9-15)14-16-4-6-17(7-5-16)21(26)22-13-19-23-20(24-27-19)18-3-2-12-28-18/h2-7,12,15H,8-11,13-14H2,1H3,(H,22,26). The van der Waals surface area contributed by atoms with E-state index in [2.05, 4.69) is 27.3 Å². The molecule has 1 saturated heterocycles. The number of rotatable bonds is 6. The fraction of sp³-hybridized carbons (Fsp3) is 0.381. The Bertz CT molecular complexity index is 897. The first-order chi connectivity index (χ1) is 13.7. The van der Waals surface area contributed by atoms with Crippen molar-refractivity contribution in [1.29, 1.82) is 0 Å². The molecule has 28 heavy (non-hydrogen) atoms. The number of benzene rings is 1. The van der Waals surface area contributed by atoms with E-state index in [1.165, 1.54) is 18.4 Å². The predicted molar refractivity (Wildman–Crippen MR) is 109 cm³/mol. The third kappa shape index (κ3) is 4.66. The quantitative estimate of drug-likeness (QED) is 0.683. The Balaban J connectivity index is 1.29. The first kappa shape index (κ1) is 18.8. The first-order valence-corrected chi connectivity index (χ1v) is 10.5. The van der Waals surface area contributed by atoms with E-state index in [1.54, 1.807) is 11.3 Å². The highest BCUT2D eigenvalue weighted by molar-refractivity contribution is 7.13. The molecule has 7 heteroatoms. The van der Waals surface area contributed by atoms with Gasteiger partial charge in [0, 0.05) is 12.1 Å². The molecule has 4 rings (SSSR count). The van der Waals surface area contributed by atoms with Crippen LogP contribution in [0.3, 0.4) is 0 Å². The molecule has 3 aromatic rings. The summed E-state index contributed by atoms with van der Waals surface area (Å²) >= 11 is 1.55. The Hall–Kier alpha value is -2.51. The fourth-order valence-electron chi connectivity index (χ4n) is 3.33. The number of carbonyl (C=O) groups is 1. The second-order valence-corrected chi connectivity index (χ2v) is 8.27. The normalized spacial score (nSPS) is 15.6. The van der Waals surface area contributed by atoms with Crippen LogP contribution in [0.2, 0.25) is 0 Å². The van der Waals surface area contributed by atoms with Crippen LogP contribution >= 0.6 is 11.3 Å². The zero-order chi connectivity index (χ0) is 19.3. The topological polar surface area (TPSA) is 71.3 Å². The number of aromatic nitrogens is 2. The number of thiophene rings is 1. The van der Waals surface area contributed by atoms with E-state index in [4.69, 9.17) is 4.52 Å². The number of piperidine rings is 1. The maximum absolute atomic E-state index is 12.4. The minimum absolute atomic E-state index is 0.144. The van der Waals surface area contributed by atoms with Crippen LogP contribution in [0.15, 0.2) is 46.3 Å². The van der Waals surface area contributed by atoms with E-state index in [0.29, 0.717) is 17.3 Å². The number of hydrogen-bond donors (Lipinski definition) is 1. The lowest BCUT2D eigenvalue weighted by atomic mass is 9.99. The molecule has 1 N–H and O–H groups in total. The van der Waals surface area contributed by atoms with E-state index < -0.39 is 0 Å². The maximum Gasteiger partial charge on any atom is 0.251 e. The van der Waals surface area contributed by atoms with Crippen molar-refractivity contribution in [3.8, 4) is 10.7 Å². The molecule has 0 spiro atoms. The van der Waals surface area contributed by atoms with Crippen molar-refractivity contribution in [3.63, 3.8) is 0 Å². The van der Waals surface area contributed by atoms with Crippen molar-refractivity contribution in [2.45, 2.75) is 32.9 Å². The van der Waals surface area contributed by atoms with Crippen molar-refractivity contribution in [2.24, 2.45) is 5.92 Å². The molecular weight excluding hydrogens is 372 g/mol. The molecular formula is C21H24N4O2S. The molecule has 1 amide bonds. The van der Waals surface area contributed by atoms with Crippen molar-refractivity contribution in [2.75, 3.05) is 13.1 Å². The van der Waals surface area contributed by atoms with Crippen molar-refractivity contribution in [3.05, 3.63) is 58.8 Å². The molecule has 1 aromatic carbocycles. The van der Waals surface area contributed by atoms with E-state index in [0.717, 1.165) is 30.4 Å². The Morgan fingerprint density at radius 1 is 1.25 bits per heavy atom. The van der Waals surface area contributed by atoms with Gasteiger partial charge in [0.2, 0.25) is 11.7 Å². The van der Waals surface area contributed by atoms with Crippen LogP contribution in [0.4, 0.5) is 0 Å². The minimum atomic E-state index is -0.144. The summed E-state index contributed by atoms with van der Waals surface area (Å²) in [7, 11) is 0. The van der Waals surface area contributed by atoms with E-state index >= 15 is 0 Å². The van der Waals surface area contributed by atoms with Gasteiger partial charge in [0.05, 0.1) is 11.4 Å². The van der Waals surface area contributed by atoms with Gasteiger partial charge in [-0.2, -0.15) is 4.98 Å². The van der Waals surface area contributed by atoms with Crippen molar-refractivity contribution in [1.82, 2.24) is 20.4 Å². The minimum Gasteiger partial charge on any atom is -0.343 e. The number of nitrogens with zero attached hydrogens (tertiary/aromatic N) is 3. The summed E-state index contributed by atoms with van der Waals surface area (Å²) in [4.78, 5) is 20.1. The van der Waals surface area contributed by atoms with Crippen LogP contribution in [-0.2, 0) is 13.1 Å². The molecule has 146 valence electrons. The predicted octanol–water partition coefficient (Wildman–Crippen LogP) is 3.96. The zero-order valence-corrected chi connectivity index (χ0v) is 16.7. The van der Waals surface area contributed by atoms with Crippen LogP contribution in [0, 0.1) is 5.92 Å². The lowest BCUT2D eigenvalue weighted by Crippen LogP contribution is -2.32. The second-order valence-electron chi connectivity index (χ2n) is 7.33. The van der Waals surface area contributed by atoms with Crippen LogP contribution in [-0.4, -0.2) is 34.0 Å². The van der Waals surface area contributed by atoms with Gasteiger partial charge in [-0.05, 0) is 61.0 Å². The second kappa shape index (κ2) is 8.67. The zero-order valence-electron chi connectivity index (χ0n) is 15.9. The molecule has 0 aliphatic carbocycles. The van der Waals surface area contributed by atoms with Gasteiger partial charge >= 0.3 is 0 Å². The maximum atomic E-state index is 12.4. The van der Waals surface area contributed by atoms with Gasteiger partial charge in [0.25, 0.3) is 5.91 Å². The van der Waals surface area contributed by atoms with Gasteiger partial charge in [-0.15, -0.1) is 11.3 Å². The average Bonchev–Trinajstić information content (AvgIpc) is 3.40. The van der Waals surface area contributed by atoms with E-state index in [-0.39, 0.29) is 12.5 Å². The van der Waals surface area contributed by atoms with Gasteiger partial charge in [-0.25, -0.2) is 0 Å². The number of carbonyl (C=O) groups excluding carboxylic acids is 1. The number of amides is 1. The summed E-state index contributed by atoms with van der Waals surface area (Å²) in [6, 6.07) is 11.7. The summed E-state index contributed by atoms with van der Waals surface area (Å²) in [5.74, 6) is 1.64. The summed E-state index contributed by atoms with van der Waals surface area (Å²) in [6.45, 7) is 5.79. The highest BCUT2D eigenvalue weighted by atomic mass is 32.1. The highest BCUT2D eigenvalue weighted by Crippen LogP contribution is 2.21. The molecule has 1 fully saturated rings. The lowest BCUT2D eigenvalue weighted by molar-refractivity contribution is 0.0946. The molecule has 3 heterocycles. The van der Waals surface area contributed by atoms with Crippen molar-refractivity contribution < 1.29 is 9.32 Å². The molecule has 1 aliphatic rings. The van der Waals surface area contributed by atoms with Crippen molar-refractivity contribution >= 4 is 17.2 Å². The number of likely N-dealkylation sites (tertiary alicyclic amines) is 1. The number of hydrogen-bond acceptors (Lipinski definition) is 6. The van der Waals surface area contributed by atoms with Crippen LogP contribution in [0.5, 0.6) is 0 Å². The highest BCUT2D eigenvalue weighted by Gasteiger charge is 2.16. The molecule has 0 atom stereocenters. The SMILES string of the molecule is CC1CCN(Cc2ccc(C(=O)NCc3nc(-c4cccs4)no3)cc2)CC1. The smallest absolute Gasteiger partial charge is 0.251 e. The van der Waals surface area contributed by atoms with Crippen LogP contribution in [0.1, 0.15) is 41.6 Å². The first-order valence-electron chi connectivity index (χ1n) is 9.63. The Morgan fingerprint density at radius 3 is 2.75 bits per heavy atom. The summed E-state index contributed by atoms with van der Waals surface area (Å²) in [6.07, 6.45) is 2.54. The summed E-state index contributed by atoms with van der Waals surface area (Å²) in [5.41, 5.74) is 1.87. The molecule has 0 bridgehead atoms. The molecule has 0 radical (unpaired) electrons. The largest absolute Gasteiger partial charge is 0.343 e. The monoisotopic (exact) mass is 396 g/mol. The van der Waals surface area contributed by atoms with Gasteiger partial charge < -0.3 is 9.84 Å².